The Kier molecular flexibility index (Phi) is 4.33. The maximum Gasteiger partial charge on any atom is 0.154 e. The SMILES string of the molecule is Cc1ccccc1CS(=O)(=O)CCC(C)(C)O. The molecule has 0 spiro atoms. The van der Waals surface area contributed by atoms with Crippen LogP contribution >= 0.6 is 0 Å². The number of sulfone groups is 1. The summed E-state index contributed by atoms with van der Waals surface area (Å²) in [6.07, 6.45) is 0.265. The third kappa shape index (κ3) is 5.33. The second-order valence-corrected chi connectivity index (χ2v) is 7.27. The van der Waals surface area contributed by atoms with Crippen LogP contribution in [0.1, 0.15) is 31.4 Å². The van der Waals surface area contributed by atoms with Crippen molar-refractivity contribution in [3.63, 3.8) is 0 Å². The smallest absolute Gasteiger partial charge is 0.154 e. The number of hydrogen-bond acceptors (Lipinski definition) is 3. The first-order chi connectivity index (χ1) is 7.70. The Labute approximate surface area is 103 Å². The van der Waals surface area contributed by atoms with E-state index >= 15 is 0 Å². The van der Waals surface area contributed by atoms with Crippen LogP contribution in [0.4, 0.5) is 0 Å². The zero-order valence-corrected chi connectivity index (χ0v) is 11.4. The number of aliphatic hydroxyl groups is 1. The summed E-state index contributed by atoms with van der Waals surface area (Å²) in [6, 6.07) is 7.47. The van der Waals surface area contributed by atoms with Gasteiger partial charge in [-0.2, -0.15) is 0 Å². The lowest BCUT2D eigenvalue weighted by atomic mass is 10.1. The topological polar surface area (TPSA) is 54.4 Å². The van der Waals surface area contributed by atoms with Gasteiger partial charge in [-0.25, -0.2) is 8.42 Å². The summed E-state index contributed by atoms with van der Waals surface area (Å²) in [5.41, 5.74) is 0.890. The molecule has 0 atom stereocenters. The van der Waals surface area contributed by atoms with E-state index in [1.54, 1.807) is 13.8 Å². The van der Waals surface area contributed by atoms with Crippen molar-refractivity contribution in [1.29, 1.82) is 0 Å². The molecule has 4 heteroatoms. The van der Waals surface area contributed by atoms with Gasteiger partial charge in [-0.15, -0.1) is 0 Å². The number of hydrogen-bond donors (Lipinski definition) is 1. The molecule has 0 heterocycles. The molecule has 0 aliphatic heterocycles. The molecule has 0 aliphatic carbocycles. The number of rotatable bonds is 5. The minimum absolute atomic E-state index is 0.0187. The van der Waals surface area contributed by atoms with E-state index in [0.717, 1.165) is 11.1 Å². The minimum atomic E-state index is -3.15. The Morgan fingerprint density at radius 1 is 1.24 bits per heavy atom. The van der Waals surface area contributed by atoms with Crippen LogP contribution in [0.15, 0.2) is 24.3 Å². The monoisotopic (exact) mass is 256 g/mol. The van der Waals surface area contributed by atoms with Crippen LogP contribution in [0.25, 0.3) is 0 Å². The van der Waals surface area contributed by atoms with Crippen LogP contribution in [0.3, 0.4) is 0 Å². The van der Waals surface area contributed by atoms with Gasteiger partial charge in [-0.3, -0.25) is 0 Å². The van der Waals surface area contributed by atoms with Crippen molar-refractivity contribution >= 4 is 9.84 Å². The quantitative estimate of drug-likeness (QED) is 0.877. The van der Waals surface area contributed by atoms with E-state index in [-0.39, 0.29) is 17.9 Å². The molecular formula is C13H20O3S. The fourth-order valence-corrected chi connectivity index (χ4v) is 3.24. The number of benzene rings is 1. The van der Waals surface area contributed by atoms with Gasteiger partial charge < -0.3 is 5.11 Å². The van der Waals surface area contributed by atoms with E-state index in [2.05, 4.69) is 0 Å². The van der Waals surface area contributed by atoms with Gasteiger partial charge in [0.05, 0.1) is 17.1 Å². The van der Waals surface area contributed by atoms with E-state index in [4.69, 9.17) is 0 Å². The fraction of sp³-hybridized carbons (Fsp3) is 0.538. The predicted octanol–water partition coefficient (Wildman–Crippen LogP) is 2.07. The maximum absolute atomic E-state index is 11.9. The standard InChI is InChI=1S/C13H20O3S/c1-11-6-4-5-7-12(11)10-17(15,16)9-8-13(2,3)14/h4-7,14H,8-10H2,1-3H3. The number of aryl methyl sites for hydroxylation is 1. The van der Waals surface area contributed by atoms with E-state index in [1.165, 1.54) is 0 Å². The van der Waals surface area contributed by atoms with Crippen molar-refractivity contribution in [2.24, 2.45) is 0 Å². The summed E-state index contributed by atoms with van der Waals surface area (Å²) >= 11 is 0. The maximum atomic E-state index is 11.9. The molecule has 0 saturated carbocycles. The van der Waals surface area contributed by atoms with E-state index in [0.29, 0.717) is 0 Å². The molecule has 96 valence electrons. The first kappa shape index (κ1) is 14.2. The van der Waals surface area contributed by atoms with E-state index in [1.807, 2.05) is 31.2 Å². The van der Waals surface area contributed by atoms with Gasteiger partial charge in [0, 0.05) is 0 Å². The molecule has 1 rings (SSSR count). The minimum Gasteiger partial charge on any atom is -0.390 e. The van der Waals surface area contributed by atoms with Crippen molar-refractivity contribution in [1.82, 2.24) is 0 Å². The summed E-state index contributed by atoms with van der Waals surface area (Å²) in [5.74, 6) is 0.0700. The normalized spacial score (nSPS) is 12.7. The molecule has 0 aliphatic rings. The highest BCUT2D eigenvalue weighted by atomic mass is 32.2. The fourth-order valence-electron chi connectivity index (χ4n) is 1.49. The summed E-state index contributed by atoms with van der Waals surface area (Å²) in [5, 5.41) is 9.54. The average molecular weight is 256 g/mol. The predicted molar refractivity (Wildman–Crippen MR) is 69.6 cm³/mol. The lowest BCUT2D eigenvalue weighted by molar-refractivity contribution is 0.0772. The molecule has 0 fully saturated rings. The summed E-state index contributed by atoms with van der Waals surface area (Å²) in [7, 11) is -3.15. The van der Waals surface area contributed by atoms with Crippen molar-refractivity contribution in [2.45, 2.75) is 38.5 Å². The van der Waals surface area contributed by atoms with Gasteiger partial charge in [-0.1, -0.05) is 24.3 Å². The Morgan fingerprint density at radius 3 is 2.35 bits per heavy atom. The summed E-state index contributed by atoms with van der Waals surface area (Å²) in [4.78, 5) is 0. The van der Waals surface area contributed by atoms with Crippen molar-refractivity contribution < 1.29 is 13.5 Å². The molecule has 3 nitrogen and oxygen atoms in total. The molecule has 1 N–H and O–H groups in total. The van der Waals surface area contributed by atoms with Crippen LogP contribution in [0.2, 0.25) is 0 Å². The van der Waals surface area contributed by atoms with Crippen LogP contribution in [-0.2, 0) is 15.6 Å². The molecule has 0 saturated heterocycles. The zero-order chi connectivity index (χ0) is 13.1. The highest BCUT2D eigenvalue weighted by Crippen LogP contribution is 2.15. The highest BCUT2D eigenvalue weighted by Gasteiger charge is 2.19. The van der Waals surface area contributed by atoms with Crippen molar-refractivity contribution in [3.05, 3.63) is 35.4 Å². The Balaban J connectivity index is 2.71. The lowest BCUT2D eigenvalue weighted by Gasteiger charge is -2.16. The zero-order valence-electron chi connectivity index (χ0n) is 10.6. The molecule has 0 unspecified atom stereocenters. The Hall–Kier alpha value is -0.870. The first-order valence-electron chi connectivity index (χ1n) is 5.67. The third-order valence-corrected chi connectivity index (χ3v) is 4.24. The van der Waals surface area contributed by atoms with Gasteiger partial charge in [0.25, 0.3) is 0 Å². The largest absolute Gasteiger partial charge is 0.390 e. The summed E-state index contributed by atoms with van der Waals surface area (Å²) in [6.45, 7) is 5.15. The van der Waals surface area contributed by atoms with E-state index < -0.39 is 15.4 Å². The third-order valence-electron chi connectivity index (χ3n) is 2.66. The van der Waals surface area contributed by atoms with Crippen molar-refractivity contribution in [3.8, 4) is 0 Å². The van der Waals surface area contributed by atoms with Crippen LogP contribution in [0.5, 0.6) is 0 Å². The van der Waals surface area contributed by atoms with Crippen LogP contribution in [0, 0.1) is 6.92 Å². The molecule has 0 aromatic heterocycles. The second kappa shape index (κ2) is 5.19. The Morgan fingerprint density at radius 2 is 1.82 bits per heavy atom. The Bertz CT molecular complexity index is 470. The molecule has 0 radical (unpaired) electrons. The molecule has 1 aromatic rings. The molecule has 17 heavy (non-hydrogen) atoms. The molecule has 1 aromatic carbocycles. The molecular weight excluding hydrogens is 236 g/mol. The van der Waals surface area contributed by atoms with Gasteiger partial charge in [0.1, 0.15) is 0 Å². The summed E-state index contributed by atoms with van der Waals surface area (Å²) < 4.78 is 23.8. The first-order valence-corrected chi connectivity index (χ1v) is 7.49. The van der Waals surface area contributed by atoms with Crippen LogP contribution < -0.4 is 0 Å². The van der Waals surface area contributed by atoms with Crippen molar-refractivity contribution in [2.75, 3.05) is 5.75 Å². The van der Waals surface area contributed by atoms with E-state index in [9.17, 15) is 13.5 Å². The second-order valence-electron chi connectivity index (χ2n) is 5.08. The van der Waals surface area contributed by atoms with Gasteiger partial charge in [-0.05, 0) is 38.3 Å². The molecule has 0 amide bonds. The highest BCUT2D eigenvalue weighted by molar-refractivity contribution is 7.90. The van der Waals surface area contributed by atoms with Gasteiger partial charge >= 0.3 is 0 Å². The van der Waals surface area contributed by atoms with Gasteiger partial charge in [0.2, 0.25) is 0 Å². The molecule has 0 bridgehead atoms. The lowest BCUT2D eigenvalue weighted by Crippen LogP contribution is -2.24. The average Bonchev–Trinajstić information content (AvgIpc) is 2.18. The van der Waals surface area contributed by atoms with Gasteiger partial charge in [0.15, 0.2) is 9.84 Å². The van der Waals surface area contributed by atoms with Crippen LogP contribution in [-0.4, -0.2) is 24.9 Å².